The first kappa shape index (κ1) is 15.4. The van der Waals surface area contributed by atoms with Gasteiger partial charge in [-0.25, -0.2) is 21.9 Å². The van der Waals surface area contributed by atoms with E-state index < -0.39 is 26.6 Å². The summed E-state index contributed by atoms with van der Waals surface area (Å²) in [4.78, 5) is -0.982. The summed E-state index contributed by atoms with van der Waals surface area (Å²) in [5.74, 6) is -1.69. The lowest BCUT2D eigenvalue weighted by Crippen LogP contribution is -2.29. The third-order valence-corrected chi connectivity index (χ3v) is 4.11. The molecule has 0 saturated heterocycles. The largest absolute Gasteiger partial charge is 0.492 e. The van der Waals surface area contributed by atoms with Crippen molar-refractivity contribution in [1.82, 2.24) is 4.72 Å². The lowest BCUT2D eigenvalue weighted by Gasteiger charge is -2.09. The SMILES string of the molecule is O=S(=O)(NCCOc1ccccc1)c1c(F)cccc1F. The molecule has 0 aliphatic rings. The van der Waals surface area contributed by atoms with Crippen LogP contribution < -0.4 is 9.46 Å². The number of ether oxygens (including phenoxy) is 1. The number of benzene rings is 2. The van der Waals surface area contributed by atoms with Gasteiger partial charge in [0.2, 0.25) is 10.0 Å². The van der Waals surface area contributed by atoms with Crippen LogP contribution in [0.3, 0.4) is 0 Å². The first-order valence-electron chi connectivity index (χ1n) is 6.12. The van der Waals surface area contributed by atoms with Crippen LogP contribution in [-0.4, -0.2) is 21.6 Å². The van der Waals surface area contributed by atoms with Crippen molar-refractivity contribution in [3.8, 4) is 5.75 Å². The summed E-state index contributed by atoms with van der Waals surface area (Å²) in [5, 5.41) is 0. The fourth-order valence-electron chi connectivity index (χ4n) is 1.67. The monoisotopic (exact) mass is 313 g/mol. The maximum Gasteiger partial charge on any atom is 0.246 e. The molecule has 0 heterocycles. The fourth-order valence-corrected chi connectivity index (χ4v) is 2.82. The van der Waals surface area contributed by atoms with Gasteiger partial charge in [0.15, 0.2) is 4.90 Å². The number of para-hydroxylation sites is 1. The second-order valence-electron chi connectivity index (χ2n) is 4.11. The van der Waals surface area contributed by atoms with Crippen LogP contribution in [0.2, 0.25) is 0 Å². The summed E-state index contributed by atoms with van der Waals surface area (Å²) < 4.78 is 57.9. The van der Waals surface area contributed by atoms with Crippen LogP contribution in [0, 0.1) is 11.6 Å². The van der Waals surface area contributed by atoms with Crippen LogP contribution in [0.4, 0.5) is 8.78 Å². The van der Waals surface area contributed by atoms with Crippen molar-refractivity contribution in [2.45, 2.75) is 4.90 Å². The van der Waals surface area contributed by atoms with Crippen LogP contribution in [0.5, 0.6) is 5.75 Å². The van der Waals surface area contributed by atoms with Gasteiger partial charge in [-0.2, -0.15) is 0 Å². The number of hydrogen-bond donors (Lipinski definition) is 1. The molecule has 0 amide bonds. The summed E-state index contributed by atoms with van der Waals surface area (Å²) >= 11 is 0. The molecule has 21 heavy (non-hydrogen) atoms. The number of halogens is 2. The lowest BCUT2D eigenvalue weighted by atomic mass is 10.3. The third kappa shape index (κ3) is 3.99. The van der Waals surface area contributed by atoms with Gasteiger partial charge in [-0.1, -0.05) is 24.3 Å². The molecular formula is C14H13F2NO3S. The molecule has 0 fully saturated rings. The highest BCUT2D eigenvalue weighted by atomic mass is 32.2. The lowest BCUT2D eigenvalue weighted by molar-refractivity contribution is 0.322. The van der Waals surface area contributed by atoms with E-state index in [1.54, 1.807) is 24.3 Å². The third-order valence-electron chi connectivity index (χ3n) is 2.59. The zero-order chi connectivity index (χ0) is 15.3. The second-order valence-corrected chi connectivity index (χ2v) is 5.81. The summed E-state index contributed by atoms with van der Waals surface area (Å²) in [6.07, 6.45) is 0. The van der Waals surface area contributed by atoms with Crippen molar-refractivity contribution in [1.29, 1.82) is 0 Å². The van der Waals surface area contributed by atoms with E-state index in [-0.39, 0.29) is 13.2 Å². The first-order valence-corrected chi connectivity index (χ1v) is 7.60. The van der Waals surface area contributed by atoms with E-state index in [4.69, 9.17) is 4.74 Å². The highest BCUT2D eigenvalue weighted by Gasteiger charge is 2.23. The Labute approximate surface area is 121 Å². The Kier molecular flexibility index (Phi) is 4.87. The van der Waals surface area contributed by atoms with Crippen LogP contribution >= 0.6 is 0 Å². The van der Waals surface area contributed by atoms with Crippen molar-refractivity contribution >= 4 is 10.0 Å². The van der Waals surface area contributed by atoms with Crippen LogP contribution in [0.1, 0.15) is 0 Å². The summed E-state index contributed by atoms with van der Waals surface area (Å²) in [6, 6.07) is 11.7. The first-order chi connectivity index (χ1) is 10.0. The maximum atomic E-state index is 13.4. The molecular weight excluding hydrogens is 300 g/mol. The minimum Gasteiger partial charge on any atom is -0.492 e. The van der Waals surface area contributed by atoms with Gasteiger partial charge in [0.1, 0.15) is 24.0 Å². The highest BCUT2D eigenvalue weighted by Crippen LogP contribution is 2.17. The van der Waals surface area contributed by atoms with Gasteiger partial charge in [-0.15, -0.1) is 0 Å². The van der Waals surface area contributed by atoms with Gasteiger partial charge in [-0.3, -0.25) is 0 Å². The van der Waals surface area contributed by atoms with Crippen molar-refractivity contribution in [2.24, 2.45) is 0 Å². The summed E-state index contributed by atoms with van der Waals surface area (Å²) in [6.45, 7) is -0.0652. The minimum atomic E-state index is -4.26. The van der Waals surface area contributed by atoms with E-state index in [0.717, 1.165) is 18.2 Å². The quantitative estimate of drug-likeness (QED) is 0.833. The molecule has 2 aromatic carbocycles. The molecule has 0 unspecified atom stereocenters. The van der Waals surface area contributed by atoms with Gasteiger partial charge in [0.25, 0.3) is 0 Å². The topological polar surface area (TPSA) is 55.4 Å². The Morgan fingerprint density at radius 2 is 1.57 bits per heavy atom. The maximum absolute atomic E-state index is 13.4. The molecule has 0 radical (unpaired) electrons. The zero-order valence-corrected chi connectivity index (χ0v) is 11.7. The molecule has 0 aliphatic heterocycles. The molecule has 112 valence electrons. The molecule has 0 saturated carbocycles. The van der Waals surface area contributed by atoms with Gasteiger partial charge in [-0.05, 0) is 24.3 Å². The van der Waals surface area contributed by atoms with Crippen molar-refractivity contribution in [3.63, 3.8) is 0 Å². The number of rotatable bonds is 6. The Hall–Kier alpha value is -1.99. The molecule has 7 heteroatoms. The predicted octanol–water partition coefficient (Wildman–Crippen LogP) is 2.32. The highest BCUT2D eigenvalue weighted by molar-refractivity contribution is 7.89. The van der Waals surface area contributed by atoms with E-state index in [2.05, 4.69) is 4.72 Å². The number of hydrogen-bond acceptors (Lipinski definition) is 3. The van der Waals surface area contributed by atoms with Crippen LogP contribution in [0.25, 0.3) is 0 Å². The van der Waals surface area contributed by atoms with Crippen LogP contribution in [-0.2, 0) is 10.0 Å². The standard InChI is InChI=1S/C14H13F2NO3S/c15-12-7-4-8-13(16)14(12)21(18,19)17-9-10-20-11-5-2-1-3-6-11/h1-8,17H,9-10H2. The zero-order valence-electron chi connectivity index (χ0n) is 10.9. The van der Waals surface area contributed by atoms with Gasteiger partial charge in [0, 0.05) is 6.54 Å². The van der Waals surface area contributed by atoms with Gasteiger partial charge >= 0.3 is 0 Å². The Morgan fingerprint density at radius 3 is 2.19 bits per heavy atom. The second kappa shape index (κ2) is 6.64. The molecule has 0 spiro atoms. The van der Waals surface area contributed by atoms with E-state index in [9.17, 15) is 17.2 Å². The number of nitrogens with one attached hydrogen (secondary N) is 1. The Bertz CT molecular complexity index is 685. The van der Waals surface area contributed by atoms with Crippen molar-refractivity contribution < 1.29 is 21.9 Å². The number of sulfonamides is 1. The molecule has 0 atom stereocenters. The minimum absolute atomic E-state index is 0.0410. The van der Waals surface area contributed by atoms with E-state index in [1.807, 2.05) is 6.07 Å². The van der Waals surface area contributed by atoms with Crippen LogP contribution in [0.15, 0.2) is 53.4 Å². The molecule has 1 N–H and O–H groups in total. The molecule has 0 aromatic heterocycles. The van der Waals surface area contributed by atoms with Gasteiger partial charge < -0.3 is 4.74 Å². The smallest absolute Gasteiger partial charge is 0.246 e. The van der Waals surface area contributed by atoms with E-state index >= 15 is 0 Å². The average Bonchev–Trinajstić information content (AvgIpc) is 2.44. The molecule has 2 aromatic rings. The summed E-state index contributed by atoms with van der Waals surface area (Å²) in [5.41, 5.74) is 0. The normalized spacial score (nSPS) is 11.3. The van der Waals surface area contributed by atoms with Crippen molar-refractivity contribution in [2.75, 3.05) is 13.2 Å². The molecule has 2 rings (SSSR count). The van der Waals surface area contributed by atoms with E-state index in [0.29, 0.717) is 5.75 Å². The van der Waals surface area contributed by atoms with Gasteiger partial charge in [0.05, 0.1) is 0 Å². The van der Waals surface area contributed by atoms with E-state index in [1.165, 1.54) is 0 Å². The average molecular weight is 313 g/mol. The fraction of sp³-hybridized carbons (Fsp3) is 0.143. The molecule has 4 nitrogen and oxygen atoms in total. The summed E-state index contributed by atoms with van der Waals surface area (Å²) in [7, 11) is -4.26. The predicted molar refractivity (Wildman–Crippen MR) is 73.5 cm³/mol. The Balaban J connectivity index is 1.96. The molecule has 0 aliphatic carbocycles. The Morgan fingerprint density at radius 1 is 0.952 bits per heavy atom. The van der Waals surface area contributed by atoms with Crippen molar-refractivity contribution in [3.05, 3.63) is 60.2 Å². The molecule has 0 bridgehead atoms.